The van der Waals surface area contributed by atoms with Gasteiger partial charge in [-0.25, -0.2) is 0 Å². The van der Waals surface area contributed by atoms with Crippen LogP contribution in [0.3, 0.4) is 0 Å². The SMILES string of the molecule is CCC(CCc1ccccc1C(F)(F)F)Nc1nc(C)nc(N)n1. The lowest BCUT2D eigenvalue weighted by Gasteiger charge is -2.18. The van der Waals surface area contributed by atoms with Gasteiger partial charge in [-0.05, 0) is 37.8 Å². The van der Waals surface area contributed by atoms with Crippen molar-refractivity contribution in [1.29, 1.82) is 0 Å². The van der Waals surface area contributed by atoms with Gasteiger partial charge in [-0.15, -0.1) is 0 Å². The number of hydrogen-bond donors (Lipinski definition) is 2. The Labute approximate surface area is 138 Å². The fourth-order valence-corrected chi connectivity index (χ4v) is 2.47. The first-order valence-corrected chi connectivity index (χ1v) is 7.69. The first-order chi connectivity index (χ1) is 11.3. The van der Waals surface area contributed by atoms with Crippen LogP contribution in [0.4, 0.5) is 25.1 Å². The van der Waals surface area contributed by atoms with E-state index in [-0.39, 0.29) is 17.6 Å². The van der Waals surface area contributed by atoms with Gasteiger partial charge in [0.15, 0.2) is 0 Å². The highest BCUT2D eigenvalue weighted by atomic mass is 19.4. The van der Waals surface area contributed by atoms with Crippen LogP contribution in [-0.2, 0) is 12.6 Å². The molecule has 3 N–H and O–H groups in total. The molecule has 1 aromatic heterocycles. The number of aryl methyl sites for hydroxylation is 2. The van der Waals surface area contributed by atoms with Crippen molar-refractivity contribution in [2.75, 3.05) is 11.1 Å². The fourth-order valence-electron chi connectivity index (χ4n) is 2.47. The lowest BCUT2D eigenvalue weighted by atomic mass is 9.99. The van der Waals surface area contributed by atoms with E-state index < -0.39 is 11.7 Å². The Kier molecular flexibility index (Phi) is 5.58. The molecule has 24 heavy (non-hydrogen) atoms. The van der Waals surface area contributed by atoms with Crippen LogP contribution < -0.4 is 11.1 Å². The van der Waals surface area contributed by atoms with E-state index in [1.165, 1.54) is 12.1 Å². The summed E-state index contributed by atoms with van der Waals surface area (Å²) in [6.45, 7) is 3.65. The minimum atomic E-state index is -4.34. The molecule has 0 spiro atoms. The highest BCUT2D eigenvalue weighted by Gasteiger charge is 2.32. The maximum atomic E-state index is 13.0. The Morgan fingerprint density at radius 3 is 2.50 bits per heavy atom. The Balaban J connectivity index is 2.07. The van der Waals surface area contributed by atoms with Gasteiger partial charge in [0.25, 0.3) is 0 Å². The number of benzene rings is 1. The normalized spacial score (nSPS) is 12.9. The van der Waals surface area contributed by atoms with E-state index in [9.17, 15) is 13.2 Å². The number of anilines is 2. The van der Waals surface area contributed by atoms with E-state index in [0.717, 1.165) is 12.5 Å². The minimum absolute atomic E-state index is 0.0625. The van der Waals surface area contributed by atoms with E-state index in [2.05, 4.69) is 20.3 Å². The largest absolute Gasteiger partial charge is 0.416 e. The number of hydrogen-bond acceptors (Lipinski definition) is 5. The second kappa shape index (κ2) is 7.46. The molecule has 0 radical (unpaired) electrons. The Morgan fingerprint density at radius 1 is 1.17 bits per heavy atom. The van der Waals surface area contributed by atoms with Crippen LogP contribution in [0.2, 0.25) is 0 Å². The van der Waals surface area contributed by atoms with Crippen LogP contribution in [-0.4, -0.2) is 21.0 Å². The third-order valence-electron chi connectivity index (χ3n) is 3.68. The zero-order valence-electron chi connectivity index (χ0n) is 13.6. The van der Waals surface area contributed by atoms with Crippen molar-refractivity contribution in [2.24, 2.45) is 0 Å². The van der Waals surface area contributed by atoms with E-state index in [4.69, 9.17) is 5.73 Å². The van der Waals surface area contributed by atoms with Crippen LogP contribution in [0.25, 0.3) is 0 Å². The van der Waals surface area contributed by atoms with E-state index >= 15 is 0 Å². The summed E-state index contributed by atoms with van der Waals surface area (Å²) in [5, 5.41) is 3.12. The second-order valence-corrected chi connectivity index (χ2v) is 5.51. The summed E-state index contributed by atoms with van der Waals surface area (Å²) in [4.78, 5) is 12.0. The molecule has 8 heteroatoms. The third-order valence-corrected chi connectivity index (χ3v) is 3.68. The van der Waals surface area contributed by atoms with Crippen LogP contribution in [0, 0.1) is 6.92 Å². The van der Waals surface area contributed by atoms with Crippen molar-refractivity contribution in [3.63, 3.8) is 0 Å². The molecule has 0 aliphatic heterocycles. The number of alkyl halides is 3. The molecule has 1 unspecified atom stereocenters. The van der Waals surface area contributed by atoms with Crippen molar-refractivity contribution in [1.82, 2.24) is 15.0 Å². The molecule has 2 aromatic rings. The van der Waals surface area contributed by atoms with E-state index in [1.807, 2.05) is 6.92 Å². The molecular formula is C16H20F3N5. The molecule has 0 amide bonds. The monoisotopic (exact) mass is 339 g/mol. The van der Waals surface area contributed by atoms with Gasteiger partial charge in [0.05, 0.1) is 5.56 Å². The molecule has 0 saturated heterocycles. The summed E-state index contributed by atoms with van der Waals surface area (Å²) < 4.78 is 39.1. The molecule has 5 nitrogen and oxygen atoms in total. The molecule has 0 saturated carbocycles. The number of aromatic nitrogens is 3. The van der Waals surface area contributed by atoms with Crippen LogP contribution in [0.5, 0.6) is 0 Å². The molecule has 0 aliphatic rings. The average molecular weight is 339 g/mol. The summed E-state index contributed by atoms with van der Waals surface area (Å²) in [5.41, 5.74) is 5.29. The predicted octanol–water partition coefficient (Wildman–Crippen LogP) is 3.60. The maximum Gasteiger partial charge on any atom is 0.416 e. The second-order valence-electron chi connectivity index (χ2n) is 5.51. The lowest BCUT2D eigenvalue weighted by molar-refractivity contribution is -0.138. The Bertz CT molecular complexity index is 667. The van der Waals surface area contributed by atoms with Gasteiger partial charge in [-0.2, -0.15) is 28.1 Å². The van der Waals surface area contributed by atoms with Gasteiger partial charge < -0.3 is 11.1 Å². The lowest BCUT2D eigenvalue weighted by Crippen LogP contribution is -2.22. The Hall–Kier alpha value is -2.38. The third kappa shape index (κ3) is 4.81. The van der Waals surface area contributed by atoms with Crippen molar-refractivity contribution in [3.8, 4) is 0 Å². The van der Waals surface area contributed by atoms with Crippen molar-refractivity contribution in [3.05, 3.63) is 41.2 Å². The molecule has 130 valence electrons. The molecule has 0 bridgehead atoms. The number of nitrogens with zero attached hydrogens (tertiary/aromatic N) is 3. The Morgan fingerprint density at radius 2 is 1.88 bits per heavy atom. The van der Waals surface area contributed by atoms with Crippen LogP contribution >= 0.6 is 0 Å². The predicted molar refractivity (Wildman–Crippen MR) is 86.4 cm³/mol. The number of nitrogens with one attached hydrogen (secondary N) is 1. The first-order valence-electron chi connectivity index (χ1n) is 7.69. The zero-order valence-corrected chi connectivity index (χ0v) is 13.6. The molecule has 0 fully saturated rings. The standard InChI is InChI=1S/C16H20F3N5/c1-3-12(23-15-22-10(2)21-14(20)24-15)9-8-11-6-4-5-7-13(11)16(17,18)19/h4-7,12H,3,8-9H2,1-2H3,(H3,20,21,22,23,24). The van der Waals surface area contributed by atoms with Gasteiger partial charge in [0, 0.05) is 6.04 Å². The minimum Gasteiger partial charge on any atom is -0.368 e. The van der Waals surface area contributed by atoms with Gasteiger partial charge in [0.2, 0.25) is 11.9 Å². The van der Waals surface area contributed by atoms with Gasteiger partial charge >= 0.3 is 6.18 Å². The quantitative estimate of drug-likeness (QED) is 0.841. The summed E-state index contributed by atoms with van der Waals surface area (Å²) >= 11 is 0. The molecular weight excluding hydrogens is 319 g/mol. The van der Waals surface area contributed by atoms with Crippen molar-refractivity contribution < 1.29 is 13.2 Å². The van der Waals surface area contributed by atoms with Gasteiger partial charge in [0.1, 0.15) is 5.82 Å². The number of nitrogen functional groups attached to an aromatic ring is 1. The van der Waals surface area contributed by atoms with Crippen molar-refractivity contribution >= 4 is 11.9 Å². The molecule has 1 heterocycles. The zero-order chi connectivity index (χ0) is 17.7. The van der Waals surface area contributed by atoms with Crippen LogP contribution in [0.1, 0.15) is 36.7 Å². The topological polar surface area (TPSA) is 76.7 Å². The first kappa shape index (κ1) is 18.0. The van der Waals surface area contributed by atoms with Crippen molar-refractivity contribution in [2.45, 2.75) is 45.3 Å². The number of rotatable bonds is 6. The highest BCUT2D eigenvalue weighted by molar-refractivity contribution is 5.33. The molecule has 0 aliphatic carbocycles. The number of nitrogens with two attached hydrogens (primary N) is 1. The molecule has 1 atom stereocenters. The number of halogens is 3. The summed E-state index contributed by atoms with van der Waals surface area (Å²) in [6.07, 6.45) is -2.79. The van der Waals surface area contributed by atoms with Crippen LogP contribution in [0.15, 0.2) is 24.3 Å². The van der Waals surface area contributed by atoms with E-state index in [0.29, 0.717) is 24.6 Å². The summed E-state index contributed by atoms with van der Waals surface area (Å²) in [5.74, 6) is 0.945. The average Bonchev–Trinajstić information content (AvgIpc) is 2.49. The van der Waals surface area contributed by atoms with Gasteiger partial charge in [-0.3, -0.25) is 0 Å². The molecule has 1 aromatic carbocycles. The fraction of sp³-hybridized carbons (Fsp3) is 0.438. The van der Waals surface area contributed by atoms with Gasteiger partial charge in [-0.1, -0.05) is 25.1 Å². The maximum absolute atomic E-state index is 13.0. The highest BCUT2D eigenvalue weighted by Crippen LogP contribution is 2.32. The smallest absolute Gasteiger partial charge is 0.368 e. The molecule has 2 rings (SSSR count). The van der Waals surface area contributed by atoms with E-state index in [1.54, 1.807) is 13.0 Å². The summed E-state index contributed by atoms with van der Waals surface area (Å²) in [6, 6.07) is 5.58. The summed E-state index contributed by atoms with van der Waals surface area (Å²) in [7, 11) is 0.